The molecule has 0 aromatic heterocycles. The van der Waals surface area contributed by atoms with E-state index in [9.17, 15) is 9.18 Å². The van der Waals surface area contributed by atoms with Gasteiger partial charge in [0.1, 0.15) is 11.9 Å². The van der Waals surface area contributed by atoms with Crippen LogP contribution in [0, 0.1) is 5.82 Å². The Morgan fingerprint density at radius 3 is 2.23 bits per heavy atom. The molecule has 0 aliphatic carbocycles. The van der Waals surface area contributed by atoms with Gasteiger partial charge in [-0.1, -0.05) is 6.92 Å². The molecule has 1 atom stereocenters. The van der Waals surface area contributed by atoms with E-state index in [1.807, 2.05) is 19.1 Å². The largest absolute Gasteiger partial charge is 0.374 e. The van der Waals surface area contributed by atoms with E-state index < -0.39 is 0 Å². The van der Waals surface area contributed by atoms with Gasteiger partial charge in [0.25, 0.3) is 0 Å². The predicted molar refractivity (Wildman–Crippen MR) is 105 cm³/mol. The molecule has 1 amide bonds. The number of carbonyl (C=O) groups is 1. The van der Waals surface area contributed by atoms with Crippen LogP contribution in [0.3, 0.4) is 0 Å². The molecule has 0 bridgehead atoms. The Kier molecular flexibility index (Phi) is 6.10. The van der Waals surface area contributed by atoms with Crippen LogP contribution in [0.4, 0.5) is 21.5 Å². The minimum Gasteiger partial charge on any atom is -0.374 e. The lowest BCUT2D eigenvalue weighted by atomic mass is 10.1. The average Bonchev–Trinajstić information content (AvgIpc) is 2.69. The molecule has 2 aromatic rings. The summed E-state index contributed by atoms with van der Waals surface area (Å²) in [5, 5.41) is 6.11. The van der Waals surface area contributed by atoms with Gasteiger partial charge in [0, 0.05) is 30.2 Å². The molecule has 2 aromatic carbocycles. The van der Waals surface area contributed by atoms with Crippen LogP contribution in [0.15, 0.2) is 48.5 Å². The molecule has 1 saturated heterocycles. The second-order valence-electron chi connectivity index (χ2n) is 6.70. The van der Waals surface area contributed by atoms with Crippen molar-refractivity contribution in [1.29, 1.82) is 0 Å². The predicted octanol–water partition coefficient (Wildman–Crippen LogP) is 4.65. The zero-order chi connectivity index (χ0) is 18.4. The van der Waals surface area contributed by atoms with Crippen LogP contribution in [0.5, 0.6) is 0 Å². The monoisotopic (exact) mass is 355 g/mol. The lowest BCUT2D eigenvalue weighted by Crippen LogP contribution is -2.34. The molecular formula is C21H26FN3O. The van der Waals surface area contributed by atoms with Crippen LogP contribution in [-0.2, 0) is 4.79 Å². The second-order valence-corrected chi connectivity index (χ2v) is 6.70. The number of benzene rings is 2. The first-order valence-electron chi connectivity index (χ1n) is 9.33. The van der Waals surface area contributed by atoms with Crippen molar-refractivity contribution >= 4 is 23.0 Å². The van der Waals surface area contributed by atoms with Crippen molar-refractivity contribution in [2.75, 3.05) is 28.6 Å². The summed E-state index contributed by atoms with van der Waals surface area (Å²) >= 11 is 0. The first-order valence-corrected chi connectivity index (χ1v) is 9.33. The first kappa shape index (κ1) is 18.2. The maximum absolute atomic E-state index is 13.0. The molecule has 1 heterocycles. The summed E-state index contributed by atoms with van der Waals surface area (Å²) in [5.41, 5.74) is 2.75. The van der Waals surface area contributed by atoms with E-state index >= 15 is 0 Å². The number of amides is 1. The highest BCUT2D eigenvalue weighted by molar-refractivity contribution is 5.96. The van der Waals surface area contributed by atoms with Gasteiger partial charge in [0.05, 0.1) is 0 Å². The van der Waals surface area contributed by atoms with E-state index in [1.165, 1.54) is 37.1 Å². The molecule has 2 N–H and O–H groups in total. The van der Waals surface area contributed by atoms with Crippen LogP contribution in [0.1, 0.15) is 32.6 Å². The number of anilines is 3. The van der Waals surface area contributed by atoms with Gasteiger partial charge >= 0.3 is 0 Å². The molecular weight excluding hydrogens is 329 g/mol. The molecule has 4 nitrogen and oxygen atoms in total. The van der Waals surface area contributed by atoms with Crippen molar-refractivity contribution in [3.8, 4) is 0 Å². The second kappa shape index (κ2) is 8.70. The van der Waals surface area contributed by atoms with Crippen LogP contribution in [0.2, 0.25) is 0 Å². The smallest absolute Gasteiger partial charge is 0.246 e. The van der Waals surface area contributed by atoms with E-state index in [0.29, 0.717) is 12.1 Å². The van der Waals surface area contributed by atoms with Crippen molar-refractivity contribution in [1.82, 2.24) is 0 Å². The number of hydrogen-bond donors (Lipinski definition) is 2. The van der Waals surface area contributed by atoms with E-state index in [4.69, 9.17) is 0 Å². The Morgan fingerprint density at radius 1 is 1.00 bits per heavy atom. The molecule has 3 rings (SSSR count). The fourth-order valence-corrected chi connectivity index (χ4v) is 3.24. The molecule has 1 aliphatic heterocycles. The SMILES string of the molecule is CC[C@@H](Nc1ccc(N2CCCCC2)cc1)C(=O)Nc1ccc(F)cc1. The number of carbonyl (C=O) groups excluding carboxylic acids is 1. The minimum atomic E-state index is -0.346. The zero-order valence-electron chi connectivity index (χ0n) is 15.2. The highest BCUT2D eigenvalue weighted by Gasteiger charge is 2.17. The molecule has 0 spiro atoms. The number of hydrogen-bond acceptors (Lipinski definition) is 3. The van der Waals surface area contributed by atoms with Crippen LogP contribution in [-0.4, -0.2) is 25.0 Å². The standard InChI is InChI=1S/C21H26FN3O/c1-2-20(21(26)24-18-8-6-16(22)7-9-18)23-17-10-12-19(13-11-17)25-14-4-3-5-15-25/h6-13,20,23H,2-5,14-15H2,1H3,(H,24,26)/t20-/m1/s1. The quantitative estimate of drug-likeness (QED) is 0.793. The maximum atomic E-state index is 13.0. The van der Waals surface area contributed by atoms with E-state index in [0.717, 1.165) is 18.8 Å². The van der Waals surface area contributed by atoms with Gasteiger partial charge in [-0.25, -0.2) is 4.39 Å². The Labute approximate surface area is 154 Å². The Hall–Kier alpha value is -2.56. The third-order valence-electron chi connectivity index (χ3n) is 4.77. The van der Waals surface area contributed by atoms with Crippen LogP contribution >= 0.6 is 0 Å². The van der Waals surface area contributed by atoms with Gasteiger partial charge < -0.3 is 15.5 Å². The molecule has 26 heavy (non-hydrogen) atoms. The van der Waals surface area contributed by atoms with Gasteiger partial charge in [-0.3, -0.25) is 4.79 Å². The average molecular weight is 355 g/mol. The van der Waals surface area contributed by atoms with Gasteiger partial charge in [0.15, 0.2) is 0 Å². The van der Waals surface area contributed by atoms with E-state index in [-0.39, 0.29) is 17.8 Å². The van der Waals surface area contributed by atoms with Crippen molar-refractivity contribution in [2.24, 2.45) is 0 Å². The Bertz CT molecular complexity index is 709. The van der Waals surface area contributed by atoms with Crippen molar-refractivity contribution in [2.45, 2.75) is 38.6 Å². The third kappa shape index (κ3) is 4.75. The maximum Gasteiger partial charge on any atom is 0.246 e. The fourth-order valence-electron chi connectivity index (χ4n) is 3.24. The topological polar surface area (TPSA) is 44.4 Å². The number of halogens is 1. The van der Waals surface area contributed by atoms with Gasteiger partial charge in [-0.2, -0.15) is 0 Å². The zero-order valence-corrected chi connectivity index (χ0v) is 15.2. The highest BCUT2D eigenvalue weighted by Crippen LogP contribution is 2.22. The van der Waals surface area contributed by atoms with Crippen molar-refractivity contribution in [3.05, 3.63) is 54.3 Å². The van der Waals surface area contributed by atoms with Crippen molar-refractivity contribution in [3.63, 3.8) is 0 Å². The van der Waals surface area contributed by atoms with Gasteiger partial charge in [0.2, 0.25) is 5.91 Å². The Morgan fingerprint density at radius 2 is 1.62 bits per heavy atom. The molecule has 0 radical (unpaired) electrons. The molecule has 1 fully saturated rings. The van der Waals surface area contributed by atoms with E-state index in [2.05, 4.69) is 27.7 Å². The van der Waals surface area contributed by atoms with Crippen LogP contribution in [0.25, 0.3) is 0 Å². The summed E-state index contributed by atoms with van der Waals surface area (Å²) in [6.45, 7) is 4.19. The van der Waals surface area contributed by atoms with Gasteiger partial charge in [-0.15, -0.1) is 0 Å². The number of piperidine rings is 1. The fraction of sp³-hybridized carbons (Fsp3) is 0.381. The minimum absolute atomic E-state index is 0.126. The molecule has 138 valence electrons. The number of rotatable bonds is 6. The normalized spacial score (nSPS) is 15.4. The summed E-state index contributed by atoms with van der Waals surface area (Å²) in [5.74, 6) is -0.443. The molecule has 5 heteroatoms. The van der Waals surface area contributed by atoms with E-state index in [1.54, 1.807) is 12.1 Å². The number of nitrogens with one attached hydrogen (secondary N) is 2. The molecule has 0 unspecified atom stereocenters. The highest BCUT2D eigenvalue weighted by atomic mass is 19.1. The lowest BCUT2D eigenvalue weighted by Gasteiger charge is -2.29. The van der Waals surface area contributed by atoms with Crippen molar-refractivity contribution < 1.29 is 9.18 Å². The van der Waals surface area contributed by atoms with Gasteiger partial charge in [-0.05, 0) is 74.2 Å². The Balaban J connectivity index is 1.59. The first-order chi connectivity index (χ1) is 12.7. The number of nitrogens with zero attached hydrogens (tertiary/aromatic N) is 1. The summed E-state index contributed by atoms with van der Waals surface area (Å²) in [6, 6.07) is 13.7. The summed E-state index contributed by atoms with van der Waals surface area (Å²) in [7, 11) is 0. The lowest BCUT2D eigenvalue weighted by molar-refractivity contribution is -0.116. The summed E-state index contributed by atoms with van der Waals surface area (Å²) in [4.78, 5) is 14.9. The van der Waals surface area contributed by atoms with Crippen LogP contribution < -0.4 is 15.5 Å². The summed E-state index contributed by atoms with van der Waals surface area (Å²) < 4.78 is 13.0. The summed E-state index contributed by atoms with van der Waals surface area (Å²) in [6.07, 6.45) is 4.47. The third-order valence-corrected chi connectivity index (χ3v) is 4.77. The molecule has 0 saturated carbocycles. The molecule has 1 aliphatic rings.